The topological polar surface area (TPSA) is 95.7 Å². The molecule has 2 N–H and O–H groups in total. The average molecular weight is 532 g/mol. The number of hydrogen-bond acceptors (Lipinski definition) is 3. The summed E-state index contributed by atoms with van der Waals surface area (Å²) in [6, 6.07) is 9.37. The number of rotatable bonds is 4. The maximum atomic E-state index is 13.3. The molecule has 2 aromatic heterocycles. The van der Waals surface area contributed by atoms with Gasteiger partial charge in [0.05, 0.1) is 12.1 Å². The van der Waals surface area contributed by atoms with Crippen molar-refractivity contribution in [3.63, 3.8) is 0 Å². The number of halogens is 3. The van der Waals surface area contributed by atoms with Crippen LogP contribution in [0, 0.1) is 11.8 Å². The summed E-state index contributed by atoms with van der Waals surface area (Å²) >= 11 is 0. The predicted octanol–water partition coefficient (Wildman–Crippen LogP) is 6.43. The fraction of sp³-hybridized carbons (Fsp3) is 0.464. The lowest BCUT2D eigenvalue weighted by Crippen LogP contribution is -2.37. The standard InChI is InChI=1S/C27H30F3N3O.CH2O3/c1-18-7-9-19(10-8-18)15-25(34)32-13-11-22-23-6-3-12-31-26(23)33(24(22)17-32)16-20-4-2-5-21(14-20)27(28,29)30;2-1(3)4/h2-6,12,14,18-19H,7-11,13,15-17H2,1H3;(H2,2,3,4)/t18-,19-;. The van der Waals surface area contributed by atoms with Crippen molar-refractivity contribution in [2.45, 2.75) is 64.7 Å². The maximum Gasteiger partial charge on any atom is 0.503 e. The van der Waals surface area contributed by atoms with Crippen molar-refractivity contribution in [1.29, 1.82) is 0 Å². The van der Waals surface area contributed by atoms with E-state index in [1.807, 2.05) is 21.6 Å². The van der Waals surface area contributed by atoms with Crippen LogP contribution in [0.4, 0.5) is 18.0 Å². The van der Waals surface area contributed by atoms with E-state index in [2.05, 4.69) is 11.9 Å². The van der Waals surface area contributed by atoms with Gasteiger partial charge in [-0.3, -0.25) is 4.79 Å². The van der Waals surface area contributed by atoms with E-state index in [4.69, 9.17) is 15.0 Å². The molecule has 3 heterocycles. The van der Waals surface area contributed by atoms with Crippen LogP contribution in [0.25, 0.3) is 11.0 Å². The highest BCUT2D eigenvalue weighted by Crippen LogP contribution is 2.34. The van der Waals surface area contributed by atoms with Crippen LogP contribution in [0.3, 0.4) is 0 Å². The number of amides is 1. The lowest BCUT2D eigenvalue weighted by Gasteiger charge is -2.31. The highest BCUT2D eigenvalue weighted by Gasteiger charge is 2.31. The molecule has 38 heavy (non-hydrogen) atoms. The highest BCUT2D eigenvalue weighted by atomic mass is 19.4. The summed E-state index contributed by atoms with van der Waals surface area (Å²) in [5.74, 6) is 1.40. The van der Waals surface area contributed by atoms with Gasteiger partial charge in [-0.05, 0) is 66.5 Å². The molecular formula is C28H32F3N3O4. The molecule has 1 aliphatic heterocycles. The molecule has 204 valence electrons. The summed E-state index contributed by atoms with van der Waals surface area (Å²) in [6.07, 6.45) is 1.44. The van der Waals surface area contributed by atoms with E-state index in [0.29, 0.717) is 31.0 Å². The minimum absolute atomic E-state index is 0.189. The van der Waals surface area contributed by atoms with Gasteiger partial charge in [-0.1, -0.05) is 31.9 Å². The second-order valence-corrected chi connectivity index (χ2v) is 10.3. The molecule has 0 radical (unpaired) electrons. The molecule has 1 aromatic carbocycles. The van der Waals surface area contributed by atoms with Crippen molar-refractivity contribution >= 4 is 23.1 Å². The Bertz CT molecular complexity index is 1290. The Morgan fingerprint density at radius 2 is 1.79 bits per heavy atom. The Balaban J connectivity index is 0.000000786. The van der Waals surface area contributed by atoms with Gasteiger partial charge in [0.1, 0.15) is 5.65 Å². The van der Waals surface area contributed by atoms with Crippen LogP contribution in [0.15, 0.2) is 42.6 Å². The minimum atomic E-state index is -4.38. The molecule has 1 amide bonds. The number of carboxylic acid groups (broad SMARTS) is 2. The molecule has 0 unspecified atom stereocenters. The zero-order valence-electron chi connectivity index (χ0n) is 21.2. The first-order valence-electron chi connectivity index (χ1n) is 12.8. The van der Waals surface area contributed by atoms with E-state index in [9.17, 15) is 18.0 Å². The molecule has 1 aliphatic carbocycles. The SMILES string of the molecule is C[C@H]1CC[C@H](CC(=O)N2CCc3c(n(Cc4cccc(C(F)(F)F)c4)c4ncccc34)C2)CC1.O=C(O)O. The highest BCUT2D eigenvalue weighted by molar-refractivity contribution is 5.84. The third-order valence-electron chi connectivity index (χ3n) is 7.56. The Kier molecular flexibility index (Phi) is 8.28. The predicted molar refractivity (Wildman–Crippen MR) is 136 cm³/mol. The second kappa shape index (κ2) is 11.4. The molecular weight excluding hydrogens is 499 g/mol. The average Bonchev–Trinajstić information content (AvgIpc) is 3.18. The fourth-order valence-corrected chi connectivity index (χ4v) is 5.58. The molecule has 10 heteroatoms. The Labute approximate surface area is 218 Å². The van der Waals surface area contributed by atoms with Gasteiger partial charge in [-0.15, -0.1) is 0 Å². The van der Waals surface area contributed by atoms with E-state index in [0.717, 1.165) is 53.5 Å². The molecule has 1 fully saturated rings. The number of benzene rings is 1. The van der Waals surface area contributed by atoms with E-state index in [-0.39, 0.29) is 12.5 Å². The number of alkyl halides is 3. The van der Waals surface area contributed by atoms with E-state index >= 15 is 0 Å². The molecule has 2 aliphatic rings. The minimum Gasteiger partial charge on any atom is -0.450 e. The summed E-state index contributed by atoms with van der Waals surface area (Å²) in [4.78, 5) is 28.2. The van der Waals surface area contributed by atoms with Gasteiger partial charge in [0.2, 0.25) is 5.91 Å². The summed E-state index contributed by atoms with van der Waals surface area (Å²) in [7, 11) is 0. The number of fused-ring (bicyclic) bond motifs is 3. The van der Waals surface area contributed by atoms with Crippen LogP contribution >= 0.6 is 0 Å². The molecule has 1 saturated carbocycles. The molecule has 0 bridgehead atoms. The van der Waals surface area contributed by atoms with Crippen molar-refractivity contribution < 1.29 is 33.0 Å². The first-order chi connectivity index (χ1) is 18.0. The summed E-state index contributed by atoms with van der Waals surface area (Å²) in [5.41, 5.74) is 2.83. The van der Waals surface area contributed by atoms with Gasteiger partial charge in [0.25, 0.3) is 0 Å². The quantitative estimate of drug-likeness (QED) is 0.405. The Hall–Kier alpha value is -3.56. The van der Waals surface area contributed by atoms with Gasteiger partial charge in [-0.25, -0.2) is 9.78 Å². The van der Waals surface area contributed by atoms with Crippen molar-refractivity contribution in [2.24, 2.45) is 11.8 Å². The summed E-state index contributed by atoms with van der Waals surface area (Å²) in [5, 5.41) is 15.0. The van der Waals surface area contributed by atoms with Crippen molar-refractivity contribution in [3.05, 3.63) is 65.0 Å². The third kappa shape index (κ3) is 6.46. The lowest BCUT2D eigenvalue weighted by molar-refractivity contribution is -0.137. The number of carbonyl (C=O) groups is 2. The van der Waals surface area contributed by atoms with Crippen LogP contribution in [0.5, 0.6) is 0 Å². The van der Waals surface area contributed by atoms with Gasteiger partial charge < -0.3 is 19.7 Å². The van der Waals surface area contributed by atoms with Crippen LogP contribution in [0.2, 0.25) is 0 Å². The van der Waals surface area contributed by atoms with Crippen LogP contribution in [-0.2, 0) is 30.5 Å². The van der Waals surface area contributed by atoms with E-state index < -0.39 is 17.9 Å². The van der Waals surface area contributed by atoms with Crippen LogP contribution in [0.1, 0.15) is 61.4 Å². The fourth-order valence-electron chi connectivity index (χ4n) is 5.58. The van der Waals surface area contributed by atoms with Gasteiger partial charge >= 0.3 is 12.3 Å². The molecule has 0 atom stereocenters. The summed E-state index contributed by atoms with van der Waals surface area (Å²) < 4.78 is 41.8. The zero-order chi connectivity index (χ0) is 27.4. The number of nitrogens with zero attached hydrogens (tertiary/aromatic N) is 3. The monoisotopic (exact) mass is 531 g/mol. The third-order valence-corrected chi connectivity index (χ3v) is 7.56. The van der Waals surface area contributed by atoms with Gasteiger partial charge in [0, 0.05) is 36.8 Å². The number of hydrogen-bond donors (Lipinski definition) is 2. The van der Waals surface area contributed by atoms with Crippen LogP contribution < -0.4 is 0 Å². The van der Waals surface area contributed by atoms with Gasteiger partial charge in [-0.2, -0.15) is 13.2 Å². The maximum absolute atomic E-state index is 13.3. The zero-order valence-corrected chi connectivity index (χ0v) is 21.2. The number of carbonyl (C=O) groups excluding carboxylic acids is 1. The van der Waals surface area contributed by atoms with E-state index in [1.165, 1.54) is 25.0 Å². The second-order valence-electron chi connectivity index (χ2n) is 10.3. The van der Waals surface area contributed by atoms with Crippen molar-refractivity contribution in [1.82, 2.24) is 14.5 Å². The Morgan fingerprint density at radius 1 is 1.08 bits per heavy atom. The van der Waals surface area contributed by atoms with Crippen molar-refractivity contribution in [2.75, 3.05) is 6.54 Å². The normalized spacial score (nSPS) is 19.4. The largest absolute Gasteiger partial charge is 0.503 e. The number of aromatic nitrogens is 2. The first kappa shape index (κ1) is 27.5. The molecule has 0 saturated heterocycles. The molecule has 0 spiro atoms. The van der Waals surface area contributed by atoms with Crippen molar-refractivity contribution in [3.8, 4) is 0 Å². The number of pyridine rings is 1. The van der Waals surface area contributed by atoms with Crippen LogP contribution in [-0.4, -0.2) is 43.3 Å². The molecule has 3 aromatic rings. The summed E-state index contributed by atoms with van der Waals surface area (Å²) in [6.45, 7) is 3.72. The Morgan fingerprint density at radius 3 is 2.47 bits per heavy atom. The first-order valence-corrected chi connectivity index (χ1v) is 12.8. The van der Waals surface area contributed by atoms with Gasteiger partial charge in [0.15, 0.2) is 0 Å². The lowest BCUT2D eigenvalue weighted by atomic mass is 9.81. The smallest absolute Gasteiger partial charge is 0.450 e. The molecule has 7 nitrogen and oxygen atoms in total. The van der Waals surface area contributed by atoms with E-state index in [1.54, 1.807) is 12.3 Å². The molecule has 5 rings (SSSR count).